The van der Waals surface area contributed by atoms with Gasteiger partial charge in [0.2, 0.25) is 5.91 Å². The van der Waals surface area contributed by atoms with Crippen LogP contribution in [-0.2, 0) is 34.5 Å². The first-order chi connectivity index (χ1) is 14.6. The number of piperidine rings is 1. The summed E-state index contributed by atoms with van der Waals surface area (Å²) in [5.41, 5.74) is 3.28. The molecule has 160 valence electrons. The van der Waals surface area contributed by atoms with Crippen LogP contribution < -0.4 is 9.47 Å². The lowest BCUT2D eigenvalue weighted by Crippen LogP contribution is -2.50. The van der Waals surface area contributed by atoms with Gasteiger partial charge < -0.3 is 19.1 Å². The maximum atomic E-state index is 13.2. The van der Waals surface area contributed by atoms with Gasteiger partial charge in [-0.05, 0) is 55.0 Å². The third kappa shape index (κ3) is 3.16. The van der Waals surface area contributed by atoms with E-state index in [0.29, 0.717) is 6.61 Å². The van der Waals surface area contributed by atoms with Gasteiger partial charge in [-0.25, -0.2) is 0 Å². The molecule has 0 saturated carbocycles. The fourth-order valence-electron chi connectivity index (χ4n) is 5.32. The van der Waals surface area contributed by atoms with Crippen molar-refractivity contribution in [2.45, 2.75) is 44.2 Å². The van der Waals surface area contributed by atoms with E-state index in [1.807, 2.05) is 21.8 Å². The van der Waals surface area contributed by atoms with Crippen molar-refractivity contribution in [2.24, 2.45) is 5.92 Å². The van der Waals surface area contributed by atoms with Crippen LogP contribution in [0.5, 0.6) is 11.5 Å². The minimum atomic E-state index is -0.338. The Morgan fingerprint density at radius 3 is 2.70 bits per heavy atom. The molecule has 5 rings (SSSR count). The van der Waals surface area contributed by atoms with Crippen molar-refractivity contribution in [3.8, 4) is 11.5 Å². The molecular weight excluding hydrogens is 382 g/mol. The smallest absolute Gasteiger partial charge is 0.226 e. The third-order valence-corrected chi connectivity index (χ3v) is 7.03. The number of carbonyl (C=O) groups is 1. The summed E-state index contributed by atoms with van der Waals surface area (Å²) in [5, 5.41) is 4.32. The van der Waals surface area contributed by atoms with Gasteiger partial charge in [0.15, 0.2) is 11.5 Å². The van der Waals surface area contributed by atoms with Crippen LogP contribution in [0.3, 0.4) is 0 Å². The van der Waals surface area contributed by atoms with Crippen molar-refractivity contribution in [1.82, 2.24) is 14.7 Å². The van der Waals surface area contributed by atoms with Crippen LogP contribution >= 0.6 is 0 Å². The normalized spacial score (nSPS) is 22.3. The lowest BCUT2D eigenvalue weighted by atomic mass is 9.78. The highest BCUT2D eigenvalue weighted by molar-refractivity contribution is 5.79. The van der Waals surface area contributed by atoms with Crippen LogP contribution in [0.25, 0.3) is 0 Å². The van der Waals surface area contributed by atoms with E-state index >= 15 is 0 Å². The minimum absolute atomic E-state index is 0.0622. The maximum Gasteiger partial charge on any atom is 0.226 e. The number of fused-ring (bicyclic) bond motifs is 3. The summed E-state index contributed by atoms with van der Waals surface area (Å²) in [6.45, 7) is 2.97. The van der Waals surface area contributed by atoms with Crippen LogP contribution in [-0.4, -0.2) is 54.5 Å². The number of amides is 1. The second-order valence-electron chi connectivity index (χ2n) is 8.52. The van der Waals surface area contributed by atoms with Crippen molar-refractivity contribution in [1.29, 1.82) is 0 Å². The van der Waals surface area contributed by atoms with E-state index in [1.54, 1.807) is 14.2 Å². The first-order valence-electron chi connectivity index (χ1n) is 10.8. The Hall–Kier alpha value is -2.54. The van der Waals surface area contributed by atoms with Gasteiger partial charge in [0.25, 0.3) is 0 Å². The van der Waals surface area contributed by atoms with Crippen molar-refractivity contribution in [3.63, 3.8) is 0 Å². The largest absolute Gasteiger partial charge is 0.493 e. The summed E-state index contributed by atoms with van der Waals surface area (Å²) >= 11 is 0. The molecule has 1 unspecified atom stereocenters. The standard InChI is InChI=1S/C23H29N3O4/c1-28-20-14-16-5-12-30-23(19(16)15-21(20)29-2)6-10-25(11-7-23)22(27)17-4-9-26-18(13-17)3-8-24-26/h3,8,14-15,17H,4-7,9-13H2,1-2H3. The number of aryl methyl sites for hydroxylation is 1. The van der Waals surface area contributed by atoms with Gasteiger partial charge in [0.05, 0.1) is 26.4 Å². The van der Waals surface area contributed by atoms with Crippen LogP contribution in [0.1, 0.15) is 36.1 Å². The monoisotopic (exact) mass is 411 g/mol. The Kier molecular flexibility index (Phi) is 4.93. The van der Waals surface area contributed by atoms with Gasteiger partial charge in [0, 0.05) is 43.9 Å². The second kappa shape index (κ2) is 7.61. The number of hydrogen-bond donors (Lipinski definition) is 0. The van der Waals surface area contributed by atoms with Crippen molar-refractivity contribution in [2.75, 3.05) is 33.9 Å². The van der Waals surface area contributed by atoms with Crippen LogP contribution in [0.15, 0.2) is 24.4 Å². The number of carbonyl (C=O) groups excluding carboxylic acids is 1. The van der Waals surface area contributed by atoms with Gasteiger partial charge in [-0.2, -0.15) is 5.10 Å². The summed E-state index contributed by atoms with van der Waals surface area (Å²) in [4.78, 5) is 15.2. The van der Waals surface area contributed by atoms with E-state index in [1.165, 1.54) is 16.8 Å². The first kappa shape index (κ1) is 19.4. The summed E-state index contributed by atoms with van der Waals surface area (Å²) in [7, 11) is 3.33. The number of likely N-dealkylation sites (tertiary alicyclic amines) is 1. The highest BCUT2D eigenvalue weighted by Gasteiger charge is 2.43. The number of hydrogen-bond acceptors (Lipinski definition) is 5. The molecule has 7 heteroatoms. The molecule has 7 nitrogen and oxygen atoms in total. The SMILES string of the molecule is COc1cc2c(cc1OC)C1(CCN(C(=O)C3CCn4nccc4C3)CC1)OCC2. The predicted octanol–water partition coefficient (Wildman–Crippen LogP) is 2.55. The van der Waals surface area contributed by atoms with E-state index in [2.05, 4.69) is 17.2 Å². The van der Waals surface area contributed by atoms with Gasteiger partial charge in [-0.15, -0.1) is 0 Å². The summed E-state index contributed by atoms with van der Waals surface area (Å²) in [6, 6.07) is 6.19. The number of aromatic nitrogens is 2. The van der Waals surface area contributed by atoms with Gasteiger partial charge in [-0.3, -0.25) is 9.48 Å². The Bertz CT molecular complexity index is 946. The van der Waals surface area contributed by atoms with Crippen molar-refractivity contribution < 1.29 is 19.0 Å². The van der Waals surface area contributed by atoms with E-state index < -0.39 is 0 Å². The number of benzene rings is 1. The van der Waals surface area contributed by atoms with E-state index in [0.717, 1.165) is 63.2 Å². The molecule has 2 aromatic rings. The Balaban J connectivity index is 1.32. The highest BCUT2D eigenvalue weighted by Crippen LogP contribution is 2.45. The van der Waals surface area contributed by atoms with Gasteiger partial charge >= 0.3 is 0 Å². The zero-order valence-corrected chi connectivity index (χ0v) is 17.7. The predicted molar refractivity (Wildman–Crippen MR) is 111 cm³/mol. The Morgan fingerprint density at radius 1 is 1.17 bits per heavy atom. The molecular formula is C23H29N3O4. The molecule has 0 N–H and O–H groups in total. The van der Waals surface area contributed by atoms with Gasteiger partial charge in [0.1, 0.15) is 0 Å². The zero-order chi connectivity index (χ0) is 20.7. The summed E-state index contributed by atoms with van der Waals surface area (Å²) < 4.78 is 19.4. The topological polar surface area (TPSA) is 65.8 Å². The Morgan fingerprint density at radius 2 is 1.93 bits per heavy atom. The summed E-state index contributed by atoms with van der Waals surface area (Å²) in [6.07, 6.45) is 5.98. The molecule has 1 aromatic heterocycles. The van der Waals surface area contributed by atoms with Crippen LogP contribution in [0.4, 0.5) is 0 Å². The zero-order valence-electron chi connectivity index (χ0n) is 17.7. The molecule has 3 aliphatic rings. The van der Waals surface area contributed by atoms with E-state index in [-0.39, 0.29) is 17.4 Å². The molecule has 1 saturated heterocycles. The number of nitrogens with zero attached hydrogens (tertiary/aromatic N) is 3. The fraction of sp³-hybridized carbons (Fsp3) is 0.565. The third-order valence-electron chi connectivity index (χ3n) is 7.03. The molecule has 1 spiro atoms. The molecule has 1 amide bonds. The fourth-order valence-corrected chi connectivity index (χ4v) is 5.32. The molecule has 0 aliphatic carbocycles. The van der Waals surface area contributed by atoms with E-state index in [9.17, 15) is 4.79 Å². The number of ether oxygens (including phenoxy) is 3. The molecule has 0 bridgehead atoms. The Labute approximate surface area is 176 Å². The number of rotatable bonds is 3. The van der Waals surface area contributed by atoms with Crippen LogP contribution in [0, 0.1) is 5.92 Å². The van der Waals surface area contributed by atoms with Gasteiger partial charge in [-0.1, -0.05) is 0 Å². The maximum absolute atomic E-state index is 13.2. The number of methoxy groups -OCH3 is 2. The molecule has 4 heterocycles. The molecule has 1 fully saturated rings. The van der Waals surface area contributed by atoms with E-state index in [4.69, 9.17) is 14.2 Å². The lowest BCUT2D eigenvalue weighted by Gasteiger charge is -2.46. The molecule has 0 radical (unpaired) electrons. The van der Waals surface area contributed by atoms with Crippen molar-refractivity contribution in [3.05, 3.63) is 41.2 Å². The van der Waals surface area contributed by atoms with Crippen LogP contribution in [0.2, 0.25) is 0 Å². The summed E-state index contributed by atoms with van der Waals surface area (Å²) in [5.74, 6) is 1.84. The quantitative estimate of drug-likeness (QED) is 0.777. The lowest BCUT2D eigenvalue weighted by molar-refractivity contribution is -0.145. The molecule has 30 heavy (non-hydrogen) atoms. The molecule has 1 atom stereocenters. The average Bonchev–Trinajstić information content (AvgIpc) is 3.26. The second-order valence-corrected chi connectivity index (χ2v) is 8.52. The highest BCUT2D eigenvalue weighted by atomic mass is 16.5. The first-order valence-corrected chi connectivity index (χ1v) is 10.8. The molecule has 3 aliphatic heterocycles. The minimum Gasteiger partial charge on any atom is -0.493 e. The van der Waals surface area contributed by atoms with Crippen molar-refractivity contribution >= 4 is 5.91 Å². The average molecular weight is 412 g/mol. The molecule has 1 aromatic carbocycles.